The van der Waals surface area contributed by atoms with Crippen molar-refractivity contribution in [2.75, 3.05) is 14.2 Å². The van der Waals surface area contributed by atoms with Crippen molar-refractivity contribution in [1.82, 2.24) is 4.37 Å². The fraction of sp³-hybridized carbons (Fsp3) is 0.188. The lowest BCUT2D eigenvalue weighted by Crippen LogP contribution is -2.05. The molecule has 0 radical (unpaired) electrons. The van der Waals surface area contributed by atoms with E-state index in [1.807, 2.05) is 38.1 Å². The quantitative estimate of drug-likeness (QED) is 0.166. The molecule has 0 fully saturated rings. The summed E-state index contributed by atoms with van der Waals surface area (Å²) < 4.78 is 16.5. The Morgan fingerprint density at radius 1 is 0.696 bits per heavy atom. The summed E-state index contributed by atoms with van der Waals surface area (Å²) in [6.07, 6.45) is 0. The lowest BCUT2D eigenvalue weighted by Gasteiger charge is -2.10. The fourth-order valence-electron chi connectivity index (χ4n) is 4.26. The summed E-state index contributed by atoms with van der Waals surface area (Å²) in [5.41, 5.74) is 7.60. The maximum absolute atomic E-state index is 12.6. The Balaban J connectivity index is 0.000000204. The van der Waals surface area contributed by atoms with Gasteiger partial charge in [0.25, 0.3) is 0 Å². The Bertz CT molecular complexity index is 2100. The van der Waals surface area contributed by atoms with Crippen LogP contribution in [0, 0.1) is 27.7 Å². The number of aryl methyl sites for hydroxylation is 4. The third-order valence-electron chi connectivity index (χ3n) is 6.34. The average Bonchev–Trinajstić information content (AvgIpc) is 3.47. The molecule has 0 N–H and O–H groups in total. The lowest BCUT2D eigenvalue weighted by atomic mass is 9.99. The molecule has 0 aliphatic heterocycles. The first-order chi connectivity index (χ1) is 22.1. The molecule has 0 unspecified atom stereocenters. The number of rotatable bonds is 5. The molecule has 1 heterocycles. The van der Waals surface area contributed by atoms with Gasteiger partial charge in [-0.25, -0.2) is 0 Å². The van der Waals surface area contributed by atoms with Crippen molar-refractivity contribution in [3.05, 3.63) is 111 Å². The zero-order chi connectivity index (χ0) is 33.6. The minimum absolute atomic E-state index is 0.116. The van der Waals surface area contributed by atoms with Gasteiger partial charge < -0.3 is 9.47 Å². The van der Waals surface area contributed by atoms with Crippen molar-refractivity contribution in [3.8, 4) is 22.8 Å². The first-order valence-corrected chi connectivity index (χ1v) is 23.8. The molecule has 0 saturated heterocycles. The SMILES string of the molecule is COc1ccc(C)cc1-c1nsc2ccc(C)cc12.COc1ccc(C)cc1C(=O)c1cc(C)ccc1Cl.S=S=S=S=S=S=S=S. The van der Waals surface area contributed by atoms with Crippen LogP contribution in [0.1, 0.15) is 38.2 Å². The molecule has 4 nitrogen and oxygen atoms in total. The molecule has 14 heteroatoms. The monoisotopic (exact) mass is 799 g/mol. The van der Waals surface area contributed by atoms with Crippen LogP contribution in [0.2, 0.25) is 5.02 Å². The second-order valence-electron chi connectivity index (χ2n) is 9.66. The molecule has 0 amide bonds. The summed E-state index contributed by atoms with van der Waals surface area (Å²) in [5, 5.41) is 1.66. The molecule has 0 spiro atoms. The minimum Gasteiger partial charge on any atom is -0.496 e. The van der Waals surface area contributed by atoms with E-state index in [1.54, 1.807) is 67.9 Å². The van der Waals surface area contributed by atoms with Crippen LogP contribution in [-0.4, -0.2) is 24.4 Å². The topological polar surface area (TPSA) is 48.4 Å². The van der Waals surface area contributed by atoms with Gasteiger partial charge in [0.2, 0.25) is 0 Å². The maximum Gasteiger partial charge on any atom is 0.198 e. The van der Waals surface area contributed by atoms with Crippen LogP contribution in [-0.2, 0) is 75.7 Å². The van der Waals surface area contributed by atoms with E-state index in [4.69, 9.17) is 21.1 Å². The molecule has 5 rings (SSSR count). The first kappa shape index (κ1) is 38.5. The maximum atomic E-state index is 12.6. The van der Waals surface area contributed by atoms with Gasteiger partial charge in [0.1, 0.15) is 11.5 Å². The third-order valence-corrected chi connectivity index (χ3v) is 18.6. The molecule has 0 atom stereocenters. The van der Waals surface area contributed by atoms with Crippen molar-refractivity contribution in [2.24, 2.45) is 0 Å². The third kappa shape index (κ3) is 11.1. The molecule has 0 aliphatic carbocycles. The summed E-state index contributed by atoms with van der Waals surface area (Å²) in [6, 6.07) is 23.6. The Morgan fingerprint density at radius 2 is 1.22 bits per heavy atom. The molecule has 0 bridgehead atoms. The highest BCUT2D eigenvalue weighted by Crippen LogP contribution is 2.37. The van der Waals surface area contributed by atoms with E-state index < -0.39 is 0 Å². The van der Waals surface area contributed by atoms with Crippen molar-refractivity contribution in [3.63, 3.8) is 0 Å². The number of carbonyl (C=O) groups is 1. The number of carbonyl (C=O) groups excluding carboxylic acids is 1. The molecule has 1 aromatic heterocycles. The second-order valence-corrected chi connectivity index (χ2v) is 21.5. The van der Waals surface area contributed by atoms with Gasteiger partial charge in [-0.3, -0.25) is 4.79 Å². The molecule has 46 heavy (non-hydrogen) atoms. The Hall–Kier alpha value is -1.91. The lowest BCUT2D eigenvalue weighted by molar-refractivity contribution is 0.103. The van der Waals surface area contributed by atoms with Crippen molar-refractivity contribution < 1.29 is 14.3 Å². The van der Waals surface area contributed by atoms with E-state index in [2.05, 4.69) is 70.9 Å². The number of ether oxygens (including phenoxy) is 2. The summed E-state index contributed by atoms with van der Waals surface area (Å²) in [4.78, 5) is 12.6. The van der Waals surface area contributed by atoms with Crippen molar-refractivity contribution >= 4 is 115 Å². The molecule has 242 valence electrons. The largest absolute Gasteiger partial charge is 0.496 e. The number of hydrogen-bond donors (Lipinski definition) is 0. The standard InChI is InChI=1S/C16H15ClO2.C16H15NOS.S8/c1-10-4-6-14(17)12(8-10)16(18)13-9-11(2)5-7-15(13)19-3;1-10-4-6-14(18-3)12(8-10)16-13-9-11(2)5-7-15(13)19-17-16;1-3-5-7-8-6-4-2/h2*4-9H,1-3H3;. The van der Waals surface area contributed by atoms with Crippen molar-refractivity contribution in [2.45, 2.75) is 27.7 Å². The summed E-state index contributed by atoms with van der Waals surface area (Å²) >= 11 is 16.9. The summed E-state index contributed by atoms with van der Waals surface area (Å²) in [7, 11) is 12.4. The van der Waals surface area contributed by atoms with E-state index in [-0.39, 0.29) is 5.78 Å². The molecular formula is C32H30ClNO3S9. The number of benzene rings is 4. The van der Waals surface area contributed by atoms with E-state index in [0.717, 1.165) is 28.1 Å². The van der Waals surface area contributed by atoms with Crippen LogP contribution >= 0.6 is 23.1 Å². The predicted molar refractivity (Wildman–Crippen MR) is 217 cm³/mol. The van der Waals surface area contributed by atoms with Gasteiger partial charge in [-0.2, -0.15) is 4.37 Å². The smallest absolute Gasteiger partial charge is 0.198 e. The molecule has 5 aromatic rings. The fourth-order valence-corrected chi connectivity index (χ4v) is 16.2. The Kier molecular flexibility index (Phi) is 16.6. The van der Waals surface area contributed by atoms with Gasteiger partial charge in [-0.1, -0.05) is 58.1 Å². The van der Waals surface area contributed by atoms with E-state index in [1.165, 1.54) is 50.5 Å². The second kappa shape index (κ2) is 19.8. The van der Waals surface area contributed by atoms with E-state index in [9.17, 15) is 4.79 Å². The molecule has 0 aliphatic rings. The van der Waals surface area contributed by atoms with Crippen LogP contribution in [0.15, 0.2) is 72.8 Å². The molecule has 0 saturated carbocycles. The van der Waals surface area contributed by atoms with Crippen LogP contribution in [0.3, 0.4) is 0 Å². The van der Waals surface area contributed by atoms with Crippen LogP contribution in [0.25, 0.3) is 21.3 Å². The Morgan fingerprint density at radius 3 is 1.83 bits per heavy atom. The van der Waals surface area contributed by atoms with Gasteiger partial charge in [0.05, 0.1) is 35.2 Å². The number of ketones is 1. The van der Waals surface area contributed by atoms with Crippen molar-refractivity contribution in [1.29, 1.82) is 0 Å². The normalized spacial score (nSPS) is 9.89. The number of methoxy groups -OCH3 is 2. The van der Waals surface area contributed by atoms with Gasteiger partial charge in [0.15, 0.2) is 5.78 Å². The van der Waals surface area contributed by atoms with Gasteiger partial charge in [0, 0.05) is 92.2 Å². The minimum atomic E-state index is -0.116. The zero-order valence-corrected chi connectivity index (χ0v) is 33.8. The van der Waals surface area contributed by atoms with Gasteiger partial charge in [-0.05, 0) is 87.8 Å². The number of aromatic nitrogens is 1. The molecule has 4 aromatic carbocycles. The summed E-state index contributed by atoms with van der Waals surface area (Å²) in [6.45, 7) is 8.06. The Labute approximate surface area is 306 Å². The number of fused-ring (bicyclic) bond motifs is 1. The van der Waals surface area contributed by atoms with Crippen LogP contribution in [0.4, 0.5) is 0 Å². The first-order valence-electron chi connectivity index (χ1n) is 13.3. The van der Waals surface area contributed by atoms with Crippen LogP contribution < -0.4 is 9.47 Å². The summed E-state index contributed by atoms with van der Waals surface area (Å²) in [5.74, 6) is 1.32. The number of halogens is 1. The number of hydrogen-bond acceptors (Lipinski definition) is 7. The highest BCUT2D eigenvalue weighted by Gasteiger charge is 2.17. The highest BCUT2D eigenvalue weighted by molar-refractivity contribution is 8.70. The van der Waals surface area contributed by atoms with E-state index >= 15 is 0 Å². The molecular weight excluding hydrogens is 770 g/mol. The highest BCUT2D eigenvalue weighted by atomic mass is 35.5. The number of nitrogens with zero attached hydrogens (tertiary/aromatic N) is 1. The predicted octanol–water partition coefficient (Wildman–Crippen LogP) is 8.77. The van der Waals surface area contributed by atoms with E-state index in [0.29, 0.717) is 21.9 Å². The van der Waals surface area contributed by atoms with Gasteiger partial charge >= 0.3 is 0 Å². The zero-order valence-electron chi connectivity index (χ0n) is 25.7. The van der Waals surface area contributed by atoms with Gasteiger partial charge in [-0.15, -0.1) is 0 Å². The van der Waals surface area contributed by atoms with Crippen LogP contribution in [0.5, 0.6) is 11.5 Å². The average molecular weight is 801 g/mol.